The van der Waals surface area contributed by atoms with E-state index < -0.39 is 6.67 Å². The molecular weight excluding hydrogens is 455 g/mol. The minimum absolute atomic E-state index is 0.170. The van der Waals surface area contributed by atoms with Crippen LogP contribution in [0.3, 0.4) is 0 Å². The molecule has 35 heavy (non-hydrogen) atoms. The minimum Gasteiger partial charge on any atom is -0.487 e. The van der Waals surface area contributed by atoms with Gasteiger partial charge in [0.2, 0.25) is 0 Å². The van der Waals surface area contributed by atoms with E-state index in [4.69, 9.17) is 18.9 Å². The van der Waals surface area contributed by atoms with Crippen LogP contribution in [0.25, 0.3) is 22.2 Å². The molecule has 0 unspecified atom stereocenters. The van der Waals surface area contributed by atoms with Crippen molar-refractivity contribution < 1.29 is 23.3 Å². The van der Waals surface area contributed by atoms with Gasteiger partial charge in [-0.15, -0.1) is 5.10 Å². The Labute approximate surface area is 202 Å². The van der Waals surface area contributed by atoms with Crippen molar-refractivity contribution in [2.45, 2.75) is 6.54 Å². The summed E-state index contributed by atoms with van der Waals surface area (Å²) in [5, 5.41) is 12.2. The number of rotatable bonds is 13. The molecule has 11 heteroatoms. The van der Waals surface area contributed by atoms with E-state index in [1.807, 2.05) is 36.4 Å². The zero-order valence-corrected chi connectivity index (χ0v) is 19.6. The average Bonchev–Trinajstić information content (AvgIpc) is 3.34. The maximum absolute atomic E-state index is 12.6. The van der Waals surface area contributed by atoms with Gasteiger partial charge in [0.25, 0.3) is 0 Å². The van der Waals surface area contributed by atoms with Crippen LogP contribution in [-0.4, -0.2) is 72.3 Å². The van der Waals surface area contributed by atoms with Gasteiger partial charge in [0, 0.05) is 36.9 Å². The number of fused-ring (bicyclic) bond motifs is 1. The van der Waals surface area contributed by atoms with Crippen LogP contribution in [0.4, 0.5) is 15.9 Å². The van der Waals surface area contributed by atoms with Crippen LogP contribution in [0, 0.1) is 0 Å². The summed E-state index contributed by atoms with van der Waals surface area (Å²) < 4.78 is 36.0. The number of ether oxygens (including phenoxy) is 4. The SMILES string of the molecule is COCCOc1cc2ncnc(Nc3cccc(-c4cn(CCF)nn4)c3)c2cc1OCCOC. The fraction of sp³-hybridized carbons (Fsp3) is 0.333. The Bertz CT molecular complexity index is 1250. The Morgan fingerprint density at radius 1 is 0.943 bits per heavy atom. The summed E-state index contributed by atoms with van der Waals surface area (Å²) in [5.74, 6) is 1.73. The highest BCUT2D eigenvalue weighted by Crippen LogP contribution is 2.35. The lowest BCUT2D eigenvalue weighted by Crippen LogP contribution is -2.09. The molecule has 0 amide bonds. The molecule has 0 saturated heterocycles. The fourth-order valence-electron chi connectivity index (χ4n) is 3.38. The summed E-state index contributed by atoms with van der Waals surface area (Å²) in [5.41, 5.74) is 2.99. The third-order valence-corrected chi connectivity index (χ3v) is 5.06. The van der Waals surface area contributed by atoms with Crippen molar-refractivity contribution in [3.05, 3.63) is 48.9 Å². The molecular formula is C24H27FN6O4. The molecule has 0 radical (unpaired) electrons. The molecule has 0 fully saturated rings. The molecule has 0 saturated carbocycles. The number of hydrogen-bond donors (Lipinski definition) is 1. The minimum atomic E-state index is -0.499. The molecule has 0 aliphatic heterocycles. The van der Waals surface area contributed by atoms with Crippen LogP contribution >= 0.6 is 0 Å². The number of aromatic nitrogens is 5. The van der Waals surface area contributed by atoms with Crippen molar-refractivity contribution in [3.8, 4) is 22.8 Å². The quantitative estimate of drug-likeness (QED) is 0.286. The van der Waals surface area contributed by atoms with Crippen LogP contribution < -0.4 is 14.8 Å². The van der Waals surface area contributed by atoms with Gasteiger partial charge in [0.15, 0.2) is 11.5 Å². The van der Waals surface area contributed by atoms with Crippen molar-refractivity contribution in [1.29, 1.82) is 0 Å². The van der Waals surface area contributed by atoms with Crippen molar-refractivity contribution in [2.75, 3.05) is 52.6 Å². The molecule has 0 bridgehead atoms. The molecule has 2 heterocycles. The van der Waals surface area contributed by atoms with Gasteiger partial charge in [-0.25, -0.2) is 19.0 Å². The first-order chi connectivity index (χ1) is 17.2. The van der Waals surface area contributed by atoms with Gasteiger partial charge in [-0.05, 0) is 18.2 Å². The number of alkyl halides is 1. The maximum Gasteiger partial charge on any atom is 0.163 e. The molecule has 4 aromatic rings. The highest BCUT2D eigenvalue weighted by Gasteiger charge is 2.13. The largest absolute Gasteiger partial charge is 0.487 e. The highest BCUT2D eigenvalue weighted by molar-refractivity contribution is 5.93. The summed E-state index contributed by atoms with van der Waals surface area (Å²) in [4.78, 5) is 8.84. The molecule has 0 aliphatic rings. The van der Waals surface area contributed by atoms with Gasteiger partial charge < -0.3 is 24.3 Å². The molecule has 4 rings (SSSR count). The first-order valence-electron chi connectivity index (χ1n) is 11.1. The summed E-state index contributed by atoms with van der Waals surface area (Å²) in [6, 6.07) is 11.3. The van der Waals surface area contributed by atoms with E-state index in [1.165, 1.54) is 11.0 Å². The van der Waals surface area contributed by atoms with Crippen LogP contribution in [0.2, 0.25) is 0 Å². The Morgan fingerprint density at radius 2 is 1.71 bits per heavy atom. The first-order valence-corrected chi connectivity index (χ1v) is 11.1. The Morgan fingerprint density at radius 3 is 2.46 bits per heavy atom. The lowest BCUT2D eigenvalue weighted by atomic mass is 10.1. The zero-order valence-electron chi connectivity index (χ0n) is 19.6. The fourth-order valence-corrected chi connectivity index (χ4v) is 3.38. The lowest BCUT2D eigenvalue weighted by molar-refractivity contribution is 0.132. The van der Waals surface area contributed by atoms with E-state index in [1.54, 1.807) is 20.4 Å². The Kier molecular flexibility index (Phi) is 8.36. The van der Waals surface area contributed by atoms with Crippen LogP contribution in [0.1, 0.15) is 0 Å². The number of nitrogens with zero attached hydrogens (tertiary/aromatic N) is 5. The smallest absolute Gasteiger partial charge is 0.163 e. The van der Waals surface area contributed by atoms with Crippen LogP contribution in [0.5, 0.6) is 11.5 Å². The van der Waals surface area contributed by atoms with Gasteiger partial charge in [0.05, 0.1) is 31.5 Å². The van der Waals surface area contributed by atoms with Crippen molar-refractivity contribution in [3.63, 3.8) is 0 Å². The predicted octanol–water partition coefficient (Wildman–Crippen LogP) is 3.65. The van der Waals surface area contributed by atoms with Gasteiger partial charge in [0.1, 0.15) is 37.7 Å². The van der Waals surface area contributed by atoms with E-state index in [9.17, 15) is 4.39 Å². The monoisotopic (exact) mass is 482 g/mol. The summed E-state index contributed by atoms with van der Waals surface area (Å²) in [6.07, 6.45) is 3.20. The van der Waals surface area contributed by atoms with Crippen LogP contribution in [0.15, 0.2) is 48.9 Å². The number of anilines is 2. The van der Waals surface area contributed by atoms with E-state index in [2.05, 4.69) is 25.6 Å². The molecule has 0 aliphatic carbocycles. The third kappa shape index (κ3) is 6.19. The topological polar surface area (TPSA) is 105 Å². The van der Waals surface area contributed by atoms with Crippen molar-refractivity contribution >= 4 is 22.4 Å². The predicted molar refractivity (Wildman–Crippen MR) is 129 cm³/mol. The number of aryl methyl sites for hydroxylation is 1. The number of nitrogens with one attached hydrogen (secondary N) is 1. The average molecular weight is 483 g/mol. The normalized spacial score (nSPS) is 11.1. The number of hydrogen-bond acceptors (Lipinski definition) is 9. The van der Waals surface area contributed by atoms with Gasteiger partial charge in [-0.3, -0.25) is 0 Å². The van der Waals surface area contributed by atoms with Crippen molar-refractivity contribution in [1.82, 2.24) is 25.0 Å². The second kappa shape index (κ2) is 12.0. The van der Waals surface area contributed by atoms with E-state index in [-0.39, 0.29) is 6.54 Å². The molecule has 0 atom stereocenters. The summed E-state index contributed by atoms with van der Waals surface area (Å²) >= 11 is 0. The van der Waals surface area contributed by atoms with Gasteiger partial charge in [-0.1, -0.05) is 17.3 Å². The number of methoxy groups -OCH3 is 2. The van der Waals surface area contributed by atoms with E-state index in [0.29, 0.717) is 55.0 Å². The Balaban J connectivity index is 1.63. The van der Waals surface area contributed by atoms with Gasteiger partial charge >= 0.3 is 0 Å². The van der Waals surface area contributed by atoms with E-state index >= 15 is 0 Å². The van der Waals surface area contributed by atoms with E-state index in [0.717, 1.165) is 16.6 Å². The summed E-state index contributed by atoms with van der Waals surface area (Å²) in [7, 11) is 3.23. The standard InChI is InChI=1S/C24H27FN6O4/c1-32-8-10-34-22-13-19-20(14-23(22)35-11-9-33-2)26-16-27-24(19)28-18-5-3-4-17(12-18)21-15-31(7-6-25)30-29-21/h3-5,12-16H,6-11H2,1-2H3,(H,26,27,28). The molecule has 0 spiro atoms. The second-order valence-electron chi connectivity index (χ2n) is 7.48. The maximum atomic E-state index is 12.6. The molecule has 184 valence electrons. The third-order valence-electron chi connectivity index (χ3n) is 5.06. The highest BCUT2D eigenvalue weighted by atomic mass is 19.1. The summed E-state index contributed by atoms with van der Waals surface area (Å²) in [6.45, 7) is 1.30. The zero-order chi connectivity index (χ0) is 24.5. The van der Waals surface area contributed by atoms with Crippen molar-refractivity contribution in [2.24, 2.45) is 0 Å². The molecule has 2 aromatic carbocycles. The molecule has 1 N–H and O–H groups in total. The van der Waals surface area contributed by atoms with Crippen LogP contribution in [-0.2, 0) is 16.0 Å². The Hall–Kier alpha value is -3.83. The first kappa shape index (κ1) is 24.3. The molecule has 2 aromatic heterocycles. The number of halogens is 1. The number of benzene rings is 2. The van der Waals surface area contributed by atoms with Gasteiger partial charge in [-0.2, -0.15) is 0 Å². The lowest BCUT2D eigenvalue weighted by Gasteiger charge is -2.15. The second-order valence-corrected chi connectivity index (χ2v) is 7.48. The molecule has 10 nitrogen and oxygen atoms in total.